The standard InChI is InChI=1S/C24H30N4O3.C19H21ClN2O2.C13H19NO.C6H13BN2O2.C5H2Cl2N2O.C5H4N2O3.C5H10N2O.C4H11BN2O.5CH4.I2/c1-16(29)28-13-20(14-28)27-24-12-22(25-15-26-24)23(31)9-8-21(30)7-6-17-10-18-4-2-3-5-19(18)11-17;20-19-11-17(21-12-22-19)18(24)8-7-16(23)6-5-13-9-14-3-1-2-4-15(14)10-13;14-9-13(15)6-5-10-7-11-3-1-2-4-12(11)8-10;1-5(10)9-3-6(4-9)8-7(2)11;6-4-1-3(5(7)10)8-2-9-4;8-4-1-3(5(9)10)6-2-7-4;1-4(8)7-2-5(6)3-7;1-5(8)7-4-2-6-3-4;;;;;;1-2/h2-5,12,15,17,20-21,30H,6-11,13-14H2,1H3,(H,25,26,27);1-4,11-13,16,23H,5-10H2;1-4,10,13,15H,5-9,14H2;6,8,11H,3-4H2,1-2H3;1-2H;1-2H,(H,9,10)(H,6,7,8);5H,2-3,6H2,1H3;4,6-8H,2-3H2,1H3;5*1H4;. The summed E-state index contributed by atoms with van der Waals surface area (Å²) in [6, 6.07) is 32.3. The van der Waals surface area contributed by atoms with Crippen LogP contribution < -0.4 is 38.1 Å². The van der Waals surface area contributed by atoms with Crippen molar-refractivity contribution in [3.8, 4) is 0 Å². The van der Waals surface area contributed by atoms with Crippen molar-refractivity contribution in [2.45, 2.75) is 217 Å². The highest BCUT2D eigenvalue weighted by atomic mass is 128. The van der Waals surface area contributed by atoms with Crippen LogP contribution in [0.15, 0.2) is 127 Å². The van der Waals surface area contributed by atoms with Gasteiger partial charge in [-0.1, -0.05) is 133 Å². The van der Waals surface area contributed by atoms with Crippen LogP contribution in [0, 0.1) is 17.8 Å². The van der Waals surface area contributed by atoms with E-state index in [-0.39, 0.29) is 132 Å². The molecule has 4 fully saturated rings. The number of nitrogens with two attached hydrogens (primary N) is 2. The molecule has 0 bridgehead atoms. The summed E-state index contributed by atoms with van der Waals surface area (Å²) in [6.07, 6.45) is 17.2. The quantitative estimate of drug-likeness (QED) is 0.00787. The van der Waals surface area contributed by atoms with Crippen molar-refractivity contribution >= 4 is 132 Å². The number of ketones is 2. The van der Waals surface area contributed by atoms with Gasteiger partial charge in [-0.05, 0) is 166 Å². The topological polar surface area (TPSA) is 474 Å². The first kappa shape index (κ1) is 115. The van der Waals surface area contributed by atoms with Crippen molar-refractivity contribution in [2.24, 2.45) is 29.2 Å². The predicted molar refractivity (Wildman–Crippen MR) is 510 cm³/mol. The van der Waals surface area contributed by atoms with Crippen LogP contribution in [0.5, 0.6) is 0 Å². The number of carboxylic acids is 1. The number of aromatic amines is 1. The van der Waals surface area contributed by atoms with Gasteiger partial charge in [0.15, 0.2) is 17.3 Å². The Morgan fingerprint density at radius 1 is 0.508 bits per heavy atom. The maximum Gasteiger partial charge on any atom is 0.373 e. The van der Waals surface area contributed by atoms with Gasteiger partial charge in [-0.2, -0.15) is 0 Å². The molecule has 3 amide bonds. The number of rotatable bonds is 26. The van der Waals surface area contributed by atoms with Crippen molar-refractivity contribution in [1.82, 2.24) is 70.3 Å². The van der Waals surface area contributed by atoms with E-state index in [1.807, 2.05) is 0 Å². The number of anilines is 1. The zero-order valence-electron chi connectivity index (χ0n) is 67.6. The lowest BCUT2D eigenvalue weighted by Crippen LogP contribution is -2.61. The highest BCUT2D eigenvalue weighted by molar-refractivity contribution is 15.0. The van der Waals surface area contributed by atoms with Gasteiger partial charge in [0.1, 0.15) is 52.2 Å². The number of carbonyl (C=O) groups is 7. The molecule has 4 aromatic heterocycles. The van der Waals surface area contributed by atoms with Gasteiger partial charge in [0.2, 0.25) is 17.7 Å². The maximum atomic E-state index is 12.5. The average Bonchev–Trinajstić information content (AvgIpc) is 1.85. The lowest BCUT2D eigenvalue weighted by molar-refractivity contribution is -0.133. The fraction of sp³-hybridized carbons (Fsp3) is 0.523. The highest BCUT2D eigenvalue weighted by Crippen LogP contribution is 2.33. The molecule has 0 spiro atoms. The second-order valence-corrected chi connectivity index (χ2v) is 31.3. The molecular weight excluding hydrogens is 1880 g/mol. The van der Waals surface area contributed by atoms with Crippen LogP contribution >= 0.6 is 72.0 Å². The minimum atomic E-state index is -1.20. The van der Waals surface area contributed by atoms with Gasteiger partial charge in [0.05, 0.1) is 30.7 Å². The molecule has 15 N–H and O–H groups in total. The maximum absolute atomic E-state index is 12.5. The summed E-state index contributed by atoms with van der Waals surface area (Å²) in [6.45, 7) is 14.7. The molecular formula is C86H130B2Cl3I2N17O14. The Labute approximate surface area is 770 Å². The second kappa shape index (κ2) is 61.1. The fourth-order valence-corrected chi connectivity index (χ4v) is 14.2. The lowest BCUT2D eigenvalue weighted by atomic mass is 9.86. The third kappa shape index (κ3) is 42.4. The highest BCUT2D eigenvalue weighted by Gasteiger charge is 2.32. The van der Waals surface area contributed by atoms with Crippen LogP contribution in [0.3, 0.4) is 0 Å². The van der Waals surface area contributed by atoms with E-state index in [0.29, 0.717) is 73.5 Å². The van der Waals surface area contributed by atoms with E-state index in [1.165, 1.54) is 77.3 Å². The first-order valence-electron chi connectivity index (χ1n) is 39.6. The van der Waals surface area contributed by atoms with Crippen LogP contribution in [0.1, 0.15) is 197 Å². The molecule has 124 heavy (non-hydrogen) atoms. The third-order valence-corrected chi connectivity index (χ3v) is 21.1. The summed E-state index contributed by atoms with van der Waals surface area (Å²) in [5, 5.41) is 68.0. The average molecular weight is 2010 g/mol. The number of aromatic nitrogens is 8. The van der Waals surface area contributed by atoms with Gasteiger partial charge in [-0.25, -0.2) is 39.7 Å². The van der Waals surface area contributed by atoms with Gasteiger partial charge in [0.25, 0.3) is 10.8 Å². The molecule has 684 valence electrons. The fourth-order valence-electron chi connectivity index (χ4n) is 13.8. The minimum Gasteiger partial charge on any atom is -0.477 e. The van der Waals surface area contributed by atoms with E-state index in [9.17, 15) is 53.7 Å². The number of halogens is 5. The zero-order valence-corrected chi connectivity index (χ0v) is 74.2. The number of fused-ring (bicyclic) bond motifs is 3. The molecule has 38 heteroatoms. The Bertz CT molecular complexity index is 4330. The van der Waals surface area contributed by atoms with Crippen LogP contribution in [0.2, 0.25) is 24.0 Å². The summed E-state index contributed by atoms with van der Waals surface area (Å²) in [7, 11) is -0.837. The minimum absolute atomic E-state index is 0. The van der Waals surface area contributed by atoms with Crippen molar-refractivity contribution < 1.29 is 64.0 Å². The van der Waals surface area contributed by atoms with Gasteiger partial charge in [-0.3, -0.25) is 33.6 Å². The van der Waals surface area contributed by atoms with Crippen LogP contribution in [0.25, 0.3) is 0 Å². The first-order valence-corrected chi connectivity index (χ1v) is 47.1. The molecule has 8 heterocycles. The molecule has 14 rings (SSSR count). The third-order valence-electron chi connectivity index (χ3n) is 20.5. The monoisotopic (exact) mass is 2010 g/mol. The summed E-state index contributed by atoms with van der Waals surface area (Å²) in [5.41, 5.74) is 19.6. The van der Waals surface area contributed by atoms with E-state index >= 15 is 0 Å². The Morgan fingerprint density at radius 2 is 0.863 bits per heavy atom. The van der Waals surface area contributed by atoms with Gasteiger partial charge < -0.3 is 82.7 Å². The Morgan fingerprint density at radius 3 is 1.17 bits per heavy atom. The summed E-state index contributed by atoms with van der Waals surface area (Å²) >= 11 is 20.5. The Kier molecular flexibility index (Phi) is 56.4. The normalized spacial score (nSPS) is 15.2. The molecule has 4 aliphatic heterocycles. The smallest absolute Gasteiger partial charge is 0.373 e. The van der Waals surface area contributed by atoms with E-state index in [4.69, 9.17) is 61.4 Å². The van der Waals surface area contributed by atoms with Gasteiger partial charge in [-0.15, -0.1) is 0 Å². The van der Waals surface area contributed by atoms with Crippen molar-refractivity contribution in [2.75, 3.05) is 64.2 Å². The van der Waals surface area contributed by atoms with Crippen LogP contribution in [-0.2, 0) is 52.9 Å². The molecule has 4 saturated heterocycles. The number of Topliss-reactive ketones (excluding diaryl/α,β-unsaturated/α-hetero) is 2. The van der Waals surface area contributed by atoms with Crippen molar-refractivity contribution in [1.29, 1.82) is 0 Å². The van der Waals surface area contributed by atoms with E-state index in [1.54, 1.807) is 55.2 Å². The summed E-state index contributed by atoms with van der Waals surface area (Å²) < 4.78 is 0. The van der Waals surface area contributed by atoms with Crippen LogP contribution in [-0.4, -0.2) is 241 Å². The second-order valence-electron chi connectivity index (χ2n) is 30.2. The molecule has 0 saturated carbocycles. The molecule has 7 aliphatic rings. The number of aliphatic hydroxyl groups excluding tert-OH is 3. The number of nitrogens with one attached hydrogen (secondary N) is 5. The number of likely N-dealkylation sites (tertiary alicyclic amines) is 3. The molecule has 7 aromatic rings. The number of carbonyl (C=O) groups excluding carboxylic acids is 6. The molecule has 31 nitrogen and oxygen atoms in total. The van der Waals surface area contributed by atoms with E-state index < -0.39 is 36.0 Å². The number of aromatic carboxylic acids is 1. The molecule has 3 atom stereocenters. The molecule has 0 radical (unpaired) electrons. The predicted octanol–water partition coefficient (Wildman–Crippen LogP) is 10.5. The first-order chi connectivity index (χ1) is 56.9. The number of amides is 3. The number of benzene rings is 3. The van der Waals surface area contributed by atoms with E-state index in [2.05, 4.69) is 171 Å². The summed E-state index contributed by atoms with van der Waals surface area (Å²) in [4.78, 5) is 122. The lowest BCUT2D eigenvalue weighted by Gasteiger charge is -2.39. The SMILES string of the molecule is C.C.C.C.C.CB(O)NC1CN(C(C)=O)C1.CB(O)NC1CNC1.CC(=O)N1CC(N)C1.CC(=O)N1CC(Nc2cc(C(=O)CCC(O)CCC3Cc4ccccc4C3)ncn2)C1.II.NCC(O)CCC1Cc2ccccc2C1.O=C(CCC(O)CCC1Cc2ccccc2C1)c1cc(Cl)ncn1.O=C(Cl)c1cc(Cl)ncn1.O=C(O)c1cc(=O)[nH]cn1. The number of hydrogen-bond donors (Lipinski definition) is 13. The van der Waals surface area contributed by atoms with Gasteiger partial charge >= 0.3 is 20.1 Å². The number of H-pyrrole nitrogens is 1. The Hall–Kier alpha value is -7.47. The molecule has 3 aromatic carbocycles. The number of hydrogen-bond acceptors (Lipinski definition) is 26. The number of nitrogens with zero attached hydrogens (tertiary/aromatic N) is 10. The van der Waals surface area contributed by atoms with Crippen molar-refractivity contribution in [3.05, 3.63) is 199 Å². The largest absolute Gasteiger partial charge is 0.477 e. The van der Waals surface area contributed by atoms with Crippen LogP contribution in [0.4, 0.5) is 5.82 Å². The zero-order chi connectivity index (χ0) is 87.1. The van der Waals surface area contributed by atoms with E-state index in [0.717, 1.165) is 116 Å². The van der Waals surface area contributed by atoms with Gasteiger partial charge in [0, 0.05) is 172 Å². The number of carboxylic acid groups (broad SMARTS) is 1. The number of aliphatic hydroxyl groups is 3. The summed E-state index contributed by atoms with van der Waals surface area (Å²) in [5.74, 6) is 1.40. The molecule has 3 aliphatic carbocycles. The Balaban J connectivity index is 0.000000739. The van der Waals surface area contributed by atoms with Crippen molar-refractivity contribution in [3.63, 3.8) is 0 Å². The molecule has 3 unspecified atom stereocenters.